The van der Waals surface area contributed by atoms with Crippen LogP contribution in [0.2, 0.25) is 0 Å². The number of hydrogen-bond acceptors (Lipinski definition) is 6. The summed E-state index contributed by atoms with van der Waals surface area (Å²) in [6.07, 6.45) is 11.0. The number of hydrogen-bond donors (Lipinski definition) is 2. The van der Waals surface area contributed by atoms with E-state index in [0.717, 1.165) is 68.0 Å². The third-order valence-electron chi connectivity index (χ3n) is 8.82. The van der Waals surface area contributed by atoms with Crippen LogP contribution in [-0.4, -0.2) is 50.1 Å². The molecule has 2 aromatic heterocycles. The van der Waals surface area contributed by atoms with Crippen LogP contribution in [0.4, 0.5) is 0 Å². The van der Waals surface area contributed by atoms with Crippen LogP contribution in [0.3, 0.4) is 0 Å². The van der Waals surface area contributed by atoms with E-state index in [1.807, 2.05) is 6.07 Å². The van der Waals surface area contributed by atoms with Gasteiger partial charge in [-0.15, -0.1) is 21.5 Å². The van der Waals surface area contributed by atoms with E-state index in [1.54, 1.807) is 6.07 Å². The van der Waals surface area contributed by atoms with Gasteiger partial charge in [-0.25, -0.2) is 0 Å². The Balaban J connectivity index is 1.27. The van der Waals surface area contributed by atoms with E-state index in [-0.39, 0.29) is 17.9 Å². The average molecular weight is 527 g/mol. The summed E-state index contributed by atoms with van der Waals surface area (Å²) in [4.78, 5) is 29.2. The van der Waals surface area contributed by atoms with Crippen LogP contribution in [0.5, 0.6) is 0 Å². The zero-order valence-electron chi connectivity index (χ0n) is 22.5. The lowest BCUT2D eigenvalue weighted by Crippen LogP contribution is -2.45. The Kier molecular flexibility index (Phi) is 8.00. The fourth-order valence-electron chi connectivity index (χ4n) is 6.94. The highest BCUT2D eigenvalue weighted by atomic mass is 32.1. The van der Waals surface area contributed by atoms with Crippen molar-refractivity contribution in [3.05, 3.63) is 33.5 Å². The van der Waals surface area contributed by atoms with Crippen LogP contribution in [0.15, 0.2) is 12.1 Å². The fraction of sp³-hybridized carbons (Fsp3) is 0.714. The number of nitrogens with one attached hydrogen (secondary N) is 1. The van der Waals surface area contributed by atoms with Gasteiger partial charge in [-0.2, -0.15) is 0 Å². The Hall–Kier alpha value is -2.26. The highest BCUT2D eigenvalue weighted by molar-refractivity contribution is 7.14. The van der Waals surface area contributed by atoms with Gasteiger partial charge in [0.2, 0.25) is 5.91 Å². The van der Waals surface area contributed by atoms with Gasteiger partial charge in [0.15, 0.2) is 0 Å². The topological polar surface area (TPSA) is 106 Å². The molecule has 3 fully saturated rings. The molecule has 4 atom stereocenters. The number of nitrogens with two attached hydrogens (primary N) is 1. The van der Waals surface area contributed by atoms with Crippen LogP contribution in [0.25, 0.3) is 0 Å². The van der Waals surface area contributed by atoms with E-state index in [9.17, 15) is 9.59 Å². The molecule has 2 saturated heterocycles. The third-order valence-corrected chi connectivity index (χ3v) is 10.0. The molecule has 5 rings (SSSR count). The minimum absolute atomic E-state index is 0.0858. The Morgan fingerprint density at radius 3 is 2.38 bits per heavy atom. The van der Waals surface area contributed by atoms with Crippen molar-refractivity contribution in [2.75, 3.05) is 6.54 Å². The van der Waals surface area contributed by atoms with E-state index >= 15 is 0 Å². The molecule has 2 bridgehead atoms. The van der Waals surface area contributed by atoms with Gasteiger partial charge in [0.25, 0.3) is 5.91 Å². The van der Waals surface area contributed by atoms with Crippen molar-refractivity contribution in [1.29, 1.82) is 0 Å². The summed E-state index contributed by atoms with van der Waals surface area (Å²) < 4.78 is 2.40. The molecule has 4 heterocycles. The average Bonchev–Trinajstić information content (AvgIpc) is 3.58. The summed E-state index contributed by atoms with van der Waals surface area (Å²) in [7, 11) is 0. The highest BCUT2D eigenvalue weighted by Crippen LogP contribution is 2.42. The SMILES string of the molecule is Cc1nnc(C(C)C)n1C1C[C@H]2CC[C@@H](C1)N2CC[C@H](NC(=O)C1CCCCC1)c1ccc(C(N)=O)s1. The number of thiophene rings is 1. The third kappa shape index (κ3) is 5.62. The molecule has 1 unspecified atom stereocenters. The minimum Gasteiger partial charge on any atom is -0.365 e. The smallest absolute Gasteiger partial charge is 0.258 e. The number of piperidine rings is 1. The van der Waals surface area contributed by atoms with Gasteiger partial charge < -0.3 is 15.6 Å². The lowest BCUT2D eigenvalue weighted by molar-refractivity contribution is -0.126. The molecule has 202 valence electrons. The Labute approximate surface area is 224 Å². The number of amides is 2. The fourth-order valence-corrected chi connectivity index (χ4v) is 7.89. The second kappa shape index (κ2) is 11.2. The summed E-state index contributed by atoms with van der Waals surface area (Å²) in [5.41, 5.74) is 5.54. The van der Waals surface area contributed by atoms with Gasteiger partial charge in [0, 0.05) is 41.4 Å². The van der Waals surface area contributed by atoms with Crippen molar-refractivity contribution >= 4 is 23.2 Å². The first-order valence-electron chi connectivity index (χ1n) is 14.2. The lowest BCUT2D eigenvalue weighted by Gasteiger charge is -2.40. The molecule has 0 radical (unpaired) electrons. The van der Waals surface area contributed by atoms with Gasteiger partial charge >= 0.3 is 0 Å². The van der Waals surface area contributed by atoms with Crippen molar-refractivity contribution in [2.24, 2.45) is 11.7 Å². The van der Waals surface area contributed by atoms with Crippen LogP contribution >= 0.6 is 11.3 Å². The predicted molar refractivity (Wildman–Crippen MR) is 146 cm³/mol. The molecule has 2 aromatic rings. The number of fused-ring (bicyclic) bond motifs is 2. The first-order valence-corrected chi connectivity index (χ1v) is 15.0. The number of aromatic nitrogens is 3. The molecule has 1 saturated carbocycles. The number of nitrogens with zero attached hydrogens (tertiary/aromatic N) is 4. The molecule has 1 aliphatic carbocycles. The van der Waals surface area contributed by atoms with E-state index in [4.69, 9.17) is 5.73 Å². The maximum absolute atomic E-state index is 13.2. The monoisotopic (exact) mass is 526 g/mol. The quantitative estimate of drug-likeness (QED) is 0.485. The van der Waals surface area contributed by atoms with E-state index in [2.05, 4.69) is 45.8 Å². The zero-order valence-corrected chi connectivity index (χ0v) is 23.3. The number of aryl methyl sites for hydroxylation is 1. The molecule has 0 spiro atoms. The van der Waals surface area contributed by atoms with E-state index in [1.165, 1.54) is 30.6 Å². The van der Waals surface area contributed by atoms with E-state index in [0.29, 0.717) is 28.9 Å². The summed E-state index contributed by atoms with van der Waals surface area (Å²) in [5, 5.41) is 12.3. The Morgan fingerprint density at radius 1 is 1.05 bits per heavy atom. The maximum Gasteiger partial charge on any atom is 0.258 e. The molecule has 3 aliphatic rings. The van der Waals surface area contributed by atoms with Crippen LogP contribution in [-0.2, 0) is 4.79 Å². The normalized spacial score (nSPS) is 25.5. The van der Waals surface area contributed by atoms with Gasteiger partial charge in [-0.1, -0.05) is 33.1 Å². The molecular weight excluding hydrogens is 484 g/mol. The van der Waals surface area contributed by atoms with Crippen LogP contribution in [0, 0.1) is 12.8 Å². The number of rotatable bonds is 9. The Morgan fingerprint density at radius 2 is 1.76 bits per heavy atom. The van der Waals surface area contributed by atoms with Crippen molar-refractivity contribution in [1.82, 2.24) is 25.0 Å². The first kappa shape index (κ1) is 26.4. The molecule has 2 aliphatic heterocycles. The van der Waals surface area contributed by atoms with Gasteiger partial charge in [-0.05, 0) is 64.0 Å². The largest absolute Gasteiger partial charge is 0.365 e. The molecule has 3 N–H and O–H groups in total. The summed E-state index contributed by atoms with van der Waals surface area (Å²) >= 11 is 1.42. The number of carbonyl (C=O) groups excluding carboxylic acids is 2. The van der Waals surface area contributed by atoms with Crippen molar-refractivity contribution in [3.8, 4) is 0 Å². The standard InChI is InChI=1S/C28H42N6O2S/c1-17(2)27-32-31-18(3)34(27)22-15-20-9-10-21(16-22)33(20)14-13-23(24-11-12-25(37-24)26(29)35)30-28(36)19-7-5-4-6-8-19/h11-12,17,19-23H,4-10,13-16H2,1-3H3,(H2,29,35)(H,30,36)/t20-,21+,22?,23-/m0/s1. The molecule has 37 heavy (non-hydrogen) atoms. The summed E-state index contributed by atoms with van der Waals surface area (Å²) in [6, 6.07) is 5.23. The minimum atomic E-state index is -0.404. The molecule has 8 nitrogen and oxygen atoms in total. The van der Waals surface area contributed by atoms with Crippen LogP contribution in [0.1, 0.15) is 122 Å². The molecule has 9 heteroatoms. The van der Waals surface area contributed by atoms with Crippen LogP contribution < -0.4 is 11.1 Å². The Bertz CT molecular complexity index is 1090. The van der Waals surface area contributed by atoms with Crippen molar-refractivity contribution in [2.45, 2.75) is 115 Å². The second-order valence-electron chi connectivity index (χ2n) is 11.6. The summed E-state index contributed by atoms with van der Waals surface area (Å²) in [5.74, 6) is 2.37. The van der Waals surface area contributed by atoms with Crippen molar-refractivity contribution in [3.63, 3.8) is 0 Å². The molecular formula is C28H42N6O2S. The zero-order chi connectivity index (χ0) is 26.1. The van der Waals surface area contributed by atoms with Gasteiger partial charge in [-0.3, -0.25) is 14.5 Å². The molecule has 2 amide bonds. The molecule has 0 aromatic carbocycles. The maximum atomic E-state index is 13.2. The van der Waals surface area contributed by atoms with Gasteiger partial charge in [0.1, 0.15) is 11.6 Å². The number of carbonyl (C=O) groups is 2. The van der Waals surface area contributed by atoms with E-state index < -0.39 is 5.91 Å². The first-order chi connectivity index (χ1) is 17.8. The summed E-state index contributed by atoms with van der Waals surface area (Å²) in [6.45, 7) is 7.41. The van der Waals surface area contributed by atoms with Gasteiger partial charge in [0.05, 0.1) is 10.9 Å². The number of primary amides is 1. The lowest BCUT2D eigenvalue weighted by atomic mass is 9.88. The predicted octanol–water partition coefficient (Wildman–Crippen LogP) is 4.87. The van der Waals surface area contributed by atoms with Crippen molar-refractivity contribution < 1.29 is 9.59 Å². The second-order valence-corrected chi connectivity index (χ2v) is 12.7. The highest BCUT2D eigenvalue weighted by Gasteiger charge is 2.42.